The molecule has 3 aromatic rings. The fourth-order valence-corrected chi connectivity index (χ4v) is 12.7. The summed E-state index contributed by atoms with van der Waals surface area (Å²) >= 11 is 0. The SMILES string of the molecule is CB1NN=C(Cc2ccc(F)c(C(=O)N3CCN(C(=O)CN4CCC(CC5CCN(C(=O)C(NC(=O)c6cccc(C7CCCN(C(=O)C(C)(C)C)C7)c6F)C6CCCCC6)CC5)CC4)CC3)c2)c2ccccc21. The summed E-state index contributed by atoms with van der Waals surface area (Å²) in [7, 11) is 0. The molecule has 0 bridgehead atoms. The van der Waals surface area contributed by atoms with E-state index in [-0.39, 0.29) is 53.4 Å². The Balaban J connectivity index is 0.713. The first-order chi connectivity index (χ1) is 35.6. The van der Waals surface area contributed by atoms with Crippen molar-refractivity contribution in [3.8, 4) is 0 Å². The van der Waals surface area contributed by atoms with E-state index in [9.17, 15) is 24.0 Å². The van der Waals surface area contributed by atoms with Crippen molar-refractivity contribution in [1.29, 1.82) is 0 Å². The van der Waals surface area contributed by atoms with Gasteiger partial charge in [0.15, 0.2) is 0 Å². The van der Waals surface area contributed by atoms with Crippen molar-refractivity contribution >= 4 is 47.6 Å². The molecule has 396 valence electrons. The Labute approximate surface area is 437 Å². The van der Waals surface area contributed by atoms with Crippen LogP contribution in [0.1, 0.15) is 141 Å². The van der Waals surface area contributed by atoms with Crippen LogP contribution in [0, 0.1) is 34.8 Å². The number of halogens is 2. The molecule has 6 aliphatic rings. The van der Waals surface area contributed by atoms with Crippen molar-refractivity contribution in [3.05, 3.63) is 100 Å². The predicted octanol–water partition coefficient (Wildman–Crippen LogP) is 7.10. The Morgan fingerprint density at radius 3 is 2.14 bits per heavy atom. The summed E-state index contributed by atoms with van der Waals surface area (Å²) in [6.45, 7) is 13.7. The Bertz CT molecular complexity index is 2560. The van der Waals surface area contributed by atoms with Gasteiger partial charge in [0, 0.05) is 70.1 Å². The fourth-order valence-electron chi connectivity index (χ4n) is 12.7. The third-order valence-corrected chi connectivity index (χ3v) is 17.1. The van der Waals surface area contributed by atoms with Gasteiger partial charge in [0.05, 0.1) is 23.4 Å². The number of likely N-dealkylation sites (tertiary alicyclic amines) is 3. The second kappa shape index (κ2) is 23.5. The molecule has 5 amide bonds. The molecule has 0 spiro atoms. The molecule has 4 saturated heterocycles. The highest BCUT2D eigenvalue weighted by atomic mass is 19.1. The predicted molar refractivity (Wildman–Crippen MR) is 285 cm³/mol. The van der Waals surface area contributed by atoms with Gasteiger partial charge in [-0.05, 0) is 129 Å². The first-order valence-corrected chi connectivity index (χ1v) is 27.8. The molecule has 9 rings (SSSR count). The lowest BCUT2D eigenvalue weighted by Crippen LogP contribution is -2.54. The quantitative estimate of drug-likeness (QED) is 0.185. The Hall–Kier alpha value is -5.64. The number of rotatable bonds is 12. The van der Waals surface area contributed by atoms with Crippen LogP contribution >= 0.6 is 0 Å². The lowest BCUT2D eigenvalue weighted by Gasteiger charge is -2.39. The molecular weight excluding hydrogens is 937 g/mol. The standard InChI is InChI=1S/C58H77BF2N8O5/c1-58(2,3)57(74)69-25-11-14-43(37-69)44-16-10-17-46(52(44)61)54(71)62-53(42-12-6-5-7-13-42)56(73)67-28-23-40(24-29-67)34-39-21-26-65(27-22-39)38-51(70)66-30-32-68(33-31-66)55(72)47-35-41(19-20-49(47)60)36-50-45-15-8-9-18-48(45)59(4)64-63-50/h8-10,15-20,35,39-40,42-43,53,64H,5-7,11-14,21-34,36-38H2,1-4H3,(H,62,71). The Kier molecular flexibility index (Phi) is 16.9. The summed E-state index contributed by atoms with van der Waals surface area (Å²) in [4.78, 5) is 78.2. The number of nitrogens with zero attached hydrogens (tertiary/aromatic N) is 6. The van der Waals surface area contributed by atoms with Gasteiger partial charge < -0.3 is 30.3 Å². The van der Waals surface area contributed by atoms with E-state index in [4.69, 9.17) is 0 Å². The molecule has 74 heavy (non-hydrogen) atoms. The molecule has 13 nitrogen and oxygen atoms in total. The largest absolute Gasteiger partial charge is 0.347 e. The zero-order valence-electron chi connectivity index (χ0n) is 44.2. The third kappa shape index (κ3) is 12.4. The van der Waals surface area contributed by atoms with Crippen LogP contribution in [0.4, 0.5) is 8.78 Å². The van der Waals surface area contributed by atoms with Gasteiger partial charge in [-0.3, -0.25) is 28.9 Å². The maximum Gasteiger partial charge on any atom is 0.302 e. The van der Waals surface area contributed by atoms with E-state index >= 15 is 8.78 Å². The van der Waals surface area contributed by atoms with Crippen molar-refractivity contribution in [2.24, 2.45) is 28.3 Å². The van der Waals surface area contributed by atoms with Gasteiger partial charge in [-0.2, -0.15) is 5.10 Å². The van der Waals surface area contributed by atoms with E-state index in [2.05, 4.69) is 33.5 Å². The number of fused-ring (bicyclic) bond motifs is 1. The van der Waals surface area contributed by atoms with E-state index in [0.717, 1.165) is 112 Å². The molecule has 2 unspecified atom stereocenters. The molecule has 1 saturated carbocycles. The summed E-state index contributed by atoms with van der Waals surface area (Å²) in [5, 5.41) is 10.8. The number of carbonyl (C=O) groups is 5. The van der Waals surface area contributed by atoms with Crippen molar-refractivity contribution in [2.45, 2.75) is 123 Å². The average Bonchev–Trinajstić information content (AvgIpc) is 3.41. The van der Waals surface area contributed by atoms with Gasteiger partial charge in [0.2, 0.25) is 17.7 Å². The van der Waals surface area contributed by atoms with Crippen LogP contribution in [0.3, 0.4) is 0 Å². The van der Waals surface area contributed by atoms with Crippen LogP contribution < -0.4 is 16.1 Å². The van der Waals surface area contributed by atoms with E-state index in [1.807, 2.05) is 53.7 Å². The van der Waals surface area contributed by atoms with Crippen LogP contribution in [0.15, 0.2) is 65.8 Å². The van der Waals surface area contributed by atoms with Crippen molar-refractivity contribution in [2.75, 3.05) is 72.0 Å². The van der Waals surface area contributed by atoms with Gasteiger partial charge >= 0.3 is 6.85 Å². The summed E-state index contributed by atoms with van der Waals surface area (Å²) in [5.41, 5.74) is 3.75. The van der Waals surface area contributed by atoms with Crippen LogP contribution in [-0.4, -0.2) is 145 Å². The van der Waals surface area contributed by atoms with Crippen LogP contribution in [0.25, 0.3) is 0 Å². The molecule has 16 heteroatoms. The second-order valence-corrected chi connectivity index (χ2v) is 23.3. The highest BCUT2D eigenvalue weighted by Gasteiger charge is 2.38. The van der Waals surface area contributed by atoms with Crippen LogP contribution in [-0.2, 0) is 20.8 Å². The number of piperazine rings is 1. The Morgan fingerprint density at radius 2 is 1.42 bits per heavy atom. The summed E-state index contributed by atoms with van der Waals surface area (Å²) < 4.78 is 31.6. The fraction of sp³-hybridized carbons (Fsp3) is 0.586. The minimum atomic E-state index is -0.711. The number of piperidine rings is 3. The maximum atomic E-state index is 16.4. The summed E-state index contributed by atoms with van der Waals surface area (Å²) in [6, 6.07) is 17.1. The van der Waals surface area contributed by atoms with Gasteiger partial charge in [0.1, 0.15) is 17.7 Å². The monoisotopic (exact) mass is 1010 g/mol. The molecule has 5 heterocycles. The Morgan fingerprint density at radius 1 is 0.730 bits per heavy atom. The van der Waals surface area contributed by atoms with Crippen molar-refractivity contribution < 1.29 is 32.8 Å². The maximum absolute atomic E-state index is 16.4. The number of hydrogen-bond donors (Lipinski definition) is 2. The zero-order chi connectivity index (χ0) is 52.1. The minimum Gasteiger partial charge on any atom is -0.347 e. The zero-order valence-corrected chi connectivity index (χ0v) is 44.2. The first kappa shape index (κ1) is 53.2. The molecule has 3 aromatic carbocycles. The number of hydrogen-bond acceptors (Lipinski definition) is 8. The number of amides is 5. The number of benzene rings is 3. The molecule has 2 atom stereocenters. The second-order valence-electron chi connectivity index (χ2n) is 23.3. The lowest BCUT2D eigenvalue weighted by atomic mass is 9.56. The summed E-state index contributed by atoms with van der Waals surface area (Å²) in [5.74, 6) is -1.17. The molecule has 5 fully saturated rings. The molecule has 0 aromatic heterocycles. The van der Waals surface area contributed by atoms with E-state index in [1.54, 1.807) is 29.2 Å². The van der Waals surface area contributed by atoms with E-state index < -0.39 is 29.0 Å². The minimum absolute atomic E-state index is 0.0000149. The number of nitrogens with one attached hydrogen (secondary N) is 2. The smallest absolute Gasteiger partial charge is 0.302 e. The molecule has 2 N–H and O–H groups in total. The van der Waals surface area contributed by atoms with E-state index in [1.165, 1.54) is 12.1 Å². The van der Waals surface area contributed by atoms with Gasteiger partial charge in [-0.1, -0.05) is 89.3 Å². The normalized spacial score (nSPS) is 21.1. The van der Waals surface area contributed by atoms with Crippen LogP contribution in [0.5, 0.6) is 0 Å². The molecular formula is C58H77BF2N8O5. The molecule has 0 radical (unpaired) electrons. The number of carbonyl (C=O) groups excluding carboxylic acids is 5. The van der Waals surface area contributed by atoms with Crippen LogP contribution in [0.2, 0.25) is 6.82 Å². The topological polar surface area (TPSA) is 138 Å². The van der Waals surface area contributed by atoms with Gasteiger partial charge in [-0.25, -0.2) is 8.78 Å². The van der Waals surface area contributed by atoms with Gasteiger partial charge in [-0.15, -0.1) is 0 Å². The molecule has 5 aliphatic heterocycles. The summed E-state index contributed by atoms with van der Waals surface area (Å²) in [6.07, 6.45) is 11.7. The third-order valence-electron chi connectivity index (χ3n) is 17.1. The van der Waals surface area contributed by atoms with Crippen molar-refractivity contribution in [3.63, 3.8) is 0 Å². The lowest BCUT2D eigenvalue weighted by molar-refractivity contribution is -0.140. The highest BCUT2D eigenvalue weighted by Crippen LogP contribution is 2.35. The highest BCUT2D eigenvalue weighted by molar-refractivity contribution is 6.71. The first-order valence-electron chi connectivity index (χ1n) is 27.8. The van der Waals surface area contributed by atoms with Gasteiger partial charge in [0.25, 0.3) is 11.8 Å². The molecule has 1 aliphatic carbocycles. The average molecular weight is 1020 g/mol. The van der Waals surface area contributed by atoms with E-state index in [0.29, 0.717) is 82.7 Å². The number of hydrazone groups is 1. The van der Waals surface area contributed by atoms with Crippen molar-refractivity contribution in [1.82, 2.24) is 35.2 Å².